The average molecular weight is 282 g/mol. The van der Waals surface area contributed by atoms with Crippen molar-refractivity contribution in [2.75, 3.05) is 20.3 Å². The standard InChI is InChI=1S/C15H26N2OS/c1-3-4-13-5-7-15(8-6-13,17-9-11-18-2)14-16-10-12-19-14/h10,12-13,17H,3-9,11H2,1-2H3. The van der Waals surface area contributed by atoms with E-state index < -0.39 is 0 Å². The molecule has 0 atom stereocenters. The van der Waals surface area contributed by atoms with Gasteiger partial charge in [-0.15, -0.1) is 11.3 Å². The number of ether oxygens (including phenoxy) is 1. The molecular weight excluding hydrogens is 256 g/mol. The summed E-state index contributed by atoms with van der Waals surface area (Å²) in [5, 5.41) is 7.08. The molecule has 0 spiro atoms. The van der Waals surface area contributed by atoms with Gasteiger partial charge in [0.2, 0.25) is 0 Å². The number of nitrogens with zero attached hydrogens (tertiary/aromatic N) is 1. The van der Waals surface area contributed by atoms with Crippen molar-refractivity contribution in [1.29, 1.82) is 0 Å². The maximum atomic E-state index is 5.18. The zero-order valence-corrected chi connectivity index (χ0v) is 13.0. The molecule has 1 aromatic rings. The highest BCUT2D eigenvalue weighted by molar-refractivity contribution is 7.09. The summed E-state index contributed by atoms with van der Waals surface area (Å²) in [7, 11) is 1.76. The maximum absolute atomic E-state index is 5.18. The number of hydrogen-bond donors (Lipinski definition) is 1. The Balaban J connectivity index is 2.00. The van der Waals surface area contributed by atoms with E-state index in [9.17, 15) is 0 Å². The first-order valence-electron chi connectivity index (χ1n) is 7.44. The highest BCUT2D eigenvalue weighted by Crippen LogP contribution is 2.41. The van der Waals surface area contributed by atoms with Crippen LogP contribution in [0.15, 0.2) is 11.6 Å². The van der Waals surface area contributed by atoms with E-state index in [2.05, 4.69) is 22.6 Å². The lowest BCUT2D eigenvalue weighted by atomic mass is 9.75. The quantitative estimate of drug-likeness (QED) is 0.776. The van der Waals surface area contributed by atoms with Crippen molar-refractivity contribution >= 4 is 11.3 Å². The first kappa shape index (κ1) is 14.9. The van der Waals surface area contributed by atoms with Crippen LogP contribution in [0, 0.1) is 5.92 Å². The summed E-state index contributed by atoms with van der Waals surface area (Å²) in [5.41, 5.74) is 0.108. The SMILES string of the molecule is CCCC1CCC(NCCOC)(c2nccs2)CC1. The van der Waals surface area contributed by atoms with Gasteiger partial charge >= 0.3 is 0 Å². The van der Waals surface area contributed by atoms with Crippen LogP contribution in [-0.4, -0.2) is 25.2 Å². The predicted molar refractivity (Wildman–Crippen MR) is 80.5 cm³/mol. The Hall–Kier alpha value is -0.450. The van der Waals surface area contributed by atoms with E-state index in [4.69, 9.17) is 4.74 Å². The zero-order chi connectivity index (χ0) is 13.6. The third kappa shape index (κ3) is 3.77. The first-order valence-corrected chi connectivity index (χ1v) is 8.32. The van der Waals surface area contributed by atoms with Crippen molar-refractivity contribution in [3.8, 4) is 0 Å². The lowest BCUT2D eigenvalue weighted by Crippen LogP contribution is -2.46. The van der Waals surface area contributed by atoms with Crippen LogP contribution < -0.4 is 5.32 Å². The summed E-state index contributed by atoms with van der Waals surface area (Å²) >= 11 is 1.79. The Morgan fingerprint density at radius 1 is 1.47 bits per heavy atom. The topological polar surface area (TPSA) is 34.1 Å². The van der Waals surface area contributed by atoms with Crippen LogP contribution in [0.4, 0.5) is 0 Å². The number of hydrogen-bond acceptors (Lipinski definition) is 4. The van der Waals surface area contributed by atoms with Crippen molar-refractivity contribution in [3.63, 3.8) is 0 Å². The normalized spacial score (nSPS) is 27.6. The fraction of sp³-hybridized carbons (Fsp3) is 0.800. The fourth-order valence-corrected chi connectivity index (χ4v) is 4.06. The Kier molecular flexibility index (Phi) is 5.79. The Morgan fingerprint density at radius 2 is 2.26 bits per heavy atom. The molecular formula is C15H26N2OS. The molecule has 19 heavy (non-hydrogen) atoms. The van der Waals surface area contributed by atoms with E-state index in [1.165, 1.54) is 43.5 Å². The van der Waals surface area contributed by atoms with Crippen LogP contribution in [0.3, 0.4) is 0 Å². The molecule has 0 unspecified atom stereocenters. The number of thiazole rings is 1. The van der Waals surface area contributed by atoms with Gasteiger partial charge in [0.05, 0.1) is 12.1 Å². The van der Waals surface area contributed by atoms with Crippen molar-refractivity contribution in [1.82, 2.24) is 10.3 Å². The molecule has 0 aliphatic heterocycles. The molecule has 1 heterocycles. The van der Waals surface area contributed by atoms with Gasteiger partial charge in [-0.25, -0.2) is 4.98 Å². The highest BCUT2D eigenvalue weighted by Gasteiger charge is 2.38. The summed E-state index contributed by atoms with van der Waals surface area (Å²) in [4.78, 5) is 4.58. The van der Waals surface area contributed by atoms with Gasteiger partial charge in [-0.2, -0.15) is 0 Å². The van der Waals surface area contributed by atoms with Gasteiger partial charge in [-0.1, -0.05) is 19.8 Å². The molecule has 2 rings (SSSR count). The summed E-state index contributed by atoms with van der Waals surface area (Å²) in [6, 6.07) is 0. The van der Waals surface area contributed by atoms with E-state index in [1.54, 1.807) is 18.4 Å². The largest absolute Gasteiger partial charge is 0.383 e. The second kappa shape index (κ2) is 7.36. The van der Waals surface area contributed by atoms with Crippen LogP contribution >= 0.6 is 11.3 Å². The third-order valence-electron chi connectivity index (χ3n) is 4.27. The molecule has 1 N–H and O–H groups in total. The molecule has 0 amide bonds. The molecule has 4 heteroatoms. The summed E-state index contributed by atoms with van der Waals surface area (Å²) in [6.45, 7) is 3.97. The predicted octanol–water partition coefficient (Wildman–Crippen LogP) is 3.56. The highest BCUT2D eigenvalue weighted by atomic mass is 32.1. The molecule has 1 saturated carbocycles. The molecule has 0 saturated heterocycles. The molecule has 3 nitrogen and oxygen atoms in total. The van der Waals surface area contributed by atoms with Crippen molar-refractivity contribution < 1.29 is 4.74 Å². The monoisotopic (exact) mass is 282 g/mol. The fourth-order valence-electron chi connectivity index (χ4n) is 3.19. The van der Waals surface area contributed by atoms with Crippen molar-refractivity contribution in [2.24, 2.45) is 5.92 Å². The maximum Gasteiger partial charge on any atom is 0.113 e. The minimum Gasteiger partial charge on any atom is -0.383 e. The molecule has 0 bridgehead atoms. The Bertz CT molecular complexity index is 345. The number of aromatic nitrogens is 1. The van der Waals surface area contributed by atoms with Gasteiger partial charge < -0.3 is 10.1 Å². The Morgan fingerprint density at radius 3 is 2.84 bits per heavy atom. The summed E-state index contributed by atoms with van der Waals surface area (Å²) < 4.78 is 5.18. The van der Waals surface area contributed by atoms with Gasteiger partial charge in [0, 0.05) is 25.2 Å². The average Bonchev–Trinajstić information content (AvgIpc) is 2.96. The lowest BCUT2D eigenvalue weighted by Gasteiger charge is -2.39. The molecule has 108 valence electrons. The molecule has 1 aliphatic rings. The van der Waals surface area contributed by atoms with Gasteiger partial charge in [-0.05, 0) is 31.6 Å². The molecule has 0 aromatic carbocycles. The second-order valence-electron chi connectivity index (χ2n) is 5.57. The summed E-state index contributed by atoms with van der Waals surface area (Å²) in [6.07, 6.45) is 9.71. The van der Waals surface area contributed by atoms with Crippen LogP contribution in [0.5, 0.6) is 0 Å². The zero-order valence-electron chi connectivity index (χ0n) is 12.2. The van der Waals surface area contributed by atoms with E-state index in [0.717, 1.165) is 19.1 Å². The second-order valence-corrected chi connectivity index (χ2v) is 6.47. The third-order valence-corrected chi connectivity index (χ3v) is 5.24. The minimum absolute atomic E-state index is 0.108. The Labute approximate surface area is 120 Å². The van der Waals surface area contributed by atoms with E-state index in [-0.39, 0.29) is 5.54 Å². The molecule has 1 fully saturated rings. The van der Waals surface area contributed by atoms with Crippen LogP contribution in [0.2, 0.25) is 0 Å². The lowest BCUT2D eigenvalue weighted by molar-refractivity contribution is 0.148. The van der Waals surface area contributed by atoms with Crippen molar-refractivity contribution in [2.45, 2.75) is 51.0 Å². The summed E-state index contributed by atoms with van der Waals surface area (Å²) in [5.74, 6) is 0.919. The first-order chi connectivity index (χ1) is 9.30. The smallest absolute Gasteiger partial charge is 0.113 e. The van der Waals surface area contributed by atoms with Crippen molar-refractivity contribution in [3.05, 3.63) is 16.6 Å². The van der Waals surface area contributed by atoms with Gasteiger partial charge in [0.1, 0.15) is 5.01 Å². The van der Waals surface area contributed by atoms with E-state index >= 15 is 0 Å². The van der Waals surface area contributed by atoms with Crippen LogP contribution in [-0.2, 0) is 10.3 Å². The number of nitrogens with one attached hydrogen (secondary N) is 1. The van der Waals surface area contributed by atoms with Gasteiger partial charge in [0.25, 0.3) is 0 Å². The van der Waals surface area contributed by atoms with E-state index in [1.807, 2.05) is 6.20 Å². The molecule has 1 aliphatic carbocycles. The minimum atomic E-state index is 0.108. The molecule has 1 aromatic heterocycles. The molecule has 0 radical (unpaired) electrons. The van der Waals surface area contributed by atoms with Gasteiger partial charge in [0.15, 0.2) is 0 Å². The van der Waals surface area contributed by atoms with E-state index in [0.29, 0.717) is 0 Å². The van der Waals surface area contributed by atoms with Crippen LogP contribution in [0.25, 0.3) is 0 Å². The van der Waals surface area contributed by atoms with Gasteiger partial charge in [-0.3, -0.25) is 0 Å². The van der Waals surface area contributed by atoms with Crippen LogP contribution in [0.1, 0.15) is 50.5 Å². The number of rotatable bonds is 7. The number of methoxy groups -OCH3 is 1.